The minimum Gasteiger partial charge on any atom is -0.348 e. The summed E-state index contributed by atoms with van der Waals surface area (Å²) in [5.41, 5.74) is -0.764. The van der Waals surface area contributed by atoms with Crippen LogP contribution in [0.2, 0.25) is 0 Å². The van der Waals surface area contributed by atoms with E-state index in [4.69, 9.17) is 0 Å². The molecule has 0 aliphatic rings. The number of anilines is 1. The molecule has 9 heteroatoms. The zero-order chi connectivity index (χ0) is 24.8. The van der Waals surface area contributed by atoms with E-state index in [9.17, 15) is 22.8 Å². The summed E-state index contributed by atoms with van der Waals surface area (Å²) >= 11 is 0. The van der Waals surface area contributed by atoms with Crippen molar-refractivity contribution in [2.75, 3.05) is 5.32 Å². The van der Waals surface area contributed by atoms with Crippen molar-refractivity contribution in [3.63, 3.8) is 0 Å². The first-order valence-electron chi connectivity index (χ1n) is 10.5. The lowest BCUT2D eigenvalue weighted by Gasteiger charge is -2.18. The third kappa shape index (κ3) is 5.52. The van der Waals surface area contributed by atoms with Crippen LogP contribution in [0.1, 0.15) is 32.0 Å². The molecule has 2 amide bonds. The van der Waals surface area contributed by atoms with Crippen molar-refractivity contribution in [3.8, 4) is 11.3 Å². The molecule has 6 nitrogen and oxygen atoms in total. The molecule has 176 valence electrons. The molecule has 4 aromatic rings. The largest absolute Gasteiger partial charge is 0.417 e. The van der Waals surface area contributed by atoms with E-state index in [1.54, 1.807) is 54.6 Å². The van der Waals surface area contributed by atoms with E-state index in [0.29, 0.717) is 0 Å². The molecule has 4 rings (SSSR count). The van der Waals surface area contributed by atoms with Gasteiger partial charge in [0.15, 0.2) is 0 Å². The molecule has 2 aromatic carbocycles. The van der Waals surface area contributed by atoms with Gasteiger partial charge in [-0.15, -0.1) is 0 Å². The first-order chi connectivity index (χ1) is 16.8. The van der Waals surface area contributed by atoms with E-state index in [1.165, 1.54) is 24.4 Å². The molecule has 0 bridgehead atoms. The highest BCUT2D eigenvalue weighted by Crippen LogP contribution is 2.37. The number of rotatable bonds is 6. The number of carbonyl (C=O) groups is 2. The average molecular weight is 476 g/mol. The predicted molar refractivity (Wildman–Crippen MR) is 124 cm³/mol. The van der Waals surface area contributed by atoms with Crippen LogP contribution in [0.3, 0.4) is 0 Å². The summed E-state index contributed by atoms with van der Waals surface area (Å²) in [6, 6.07) is 20.6. The molecule has 2 heterocycles. The first-order valence-corrected chi connectivity index (χ1v) is 10.5. The maximum absolute atomic E-state index is 13.9. The van der Waals surface area contributed by atoms with E-state index < -0.39 is 29.1 Å². The zero-order valence-electron chi connectivity index (χ0n) is 18.2. The van der Waals surface area contributed by atoms with Crippen LogP contribution in [0.4, 0.5) is 18.9 Å². The van der Waals surface area contributed by atoms with Gasteiger partial charge in [0, 0.05) is 24.5 Å². The van der Waals surface area contributed by atoms with Gasteiger partial charge in [-0.25, -0.2) is 0 Å². The van der Waals surface area contributed by atoms with E-state index in [0.717, 1.165) is 17.8 Å². The molecule has 0 fully saturated rings. The molecule has 0 saturated carbocycles. The fourth-order valence-electron chi connectivity index (χ4n) is 3.48. The van der Waals surface area contributed by atoms with Gasteiger partial charge in [0.25, 0.3) is 11.8 Å². The summed E-state index contributed by atoms with van der Waals surface area (Å²) in [6.45, 7) is 0.0311. The number of hydrogen-bond acceptors (Lipinski definition) is 4. The van der Waals surface area contributed by atoms with Crippen LogP contribution >= 0.6 is 0 Å². The topological polar surface area (TPSA) is 84.0 Å². The molecule has 2 aromatic heterocycles. The van der Waals surface area contributed by atoms with E-state index in [-0.39, 0.29) is 29.2 Å². The molecule has 2 N–H and O–H groups in total. The number of aromatic nitrogens is 2. The summed E-state index contributed by atoms with van der Waals surface area (Å²) in [7, 11) is 0. The number of nitrogens with one attached hydrogen (secondary N) is 2. The lowest BCUT2D eigenvalue weighted by molar-refractivity contribution is -0.138. The fourth-order valence-corrected chi connectivity index (χ4v) is 3.48. The van der Waals surface area contributed by atoms with E-state index in [1.807, 2.05) is 0 Å². The van der Waals surface area contributed by atoms with Crippen molar-refractivity contribution in [1.29, 1.82) is 0 Å². The Balaban J connectivity index is 1.75. The van der Waals surface area contributed by atoms with Gasteiger partial charge in [-0.05, 0) is 29.8 Å². The molecule has 0 aliphatic heterocycles. The molecular weight excluding hydrogens is 457 g/mol. The highest BCUT2D eigenvalue weighted by Gasteiger charge is 2.37. The second kappa shape index (κ2) is 10.2. The van der Waals surface area contributed by atoms with Gasteiger partial charge in [0.2, 0.25) is 0 Å². The van der Waals surface area contributed by atoms with Crippen molar-refractivity contribution in [3.05, 3.63) is 114 Å². The third-order valence-electron chi connectivity index (χ3n) is 5.11. The summed E-state index contributed by atoms with van der Waals surface area (Å²) in [6.07, 6.45) is -2.36. The van der Waals surface area contributed by atoms with Gasteiger partial charge in [-0.1, -0.05) is 54.6 Å². The van der Waals surface area contributed by atoms with Gasteiger partial charge in [-0.3, -0.25) is 19.6 Å². The number of nitrogens with zero attached hydrogens (tertiary/aromatic N) is 2. The van der Waals surface area contributed by atoms with Crippen LogP contribution in [-0.2, 0) is 12.7 Å². The Hall–Kier alpha value is -4.53. The number of halogens is 3. The van der Waals surface area contributed by atoms with Crippen molar-refractivity contribution in [2.45, 2.75) is 12.7 Å². The number of pyridine rings is 2. The van der Waals surface area contributed by atoms with Crippen LogP contribution in [0.25, 0.3) is 11.3 Å². The Morgan fingerprint density at radius 1 is 0.771 bits per heavy atom. The summed E-state index contributed by atoms with van der Waals surface area (Å²) in [5.74, 6) is -1.49. The van der Waals surface area contributed by atoms with Gasteiger partial charge < -0.3 is 10.6 Å². The number of alkyl halides is 3. The second-order valence-corrected chi connectivity index (χ2v) is 7.46. The second-order valence-electron chi connectivity index (χ2n) is 7.46. The smallest absolute Gasteiger partial charge is 0.348 e. The lowest BCUT2D eigenvalue weighted by Crippen LogP contribution is -2.27. The molecular formula is C26H19F3N4O2. The number of hydrogen-bond donors (Lipinski definition) is 2. The van der Waals surface area contributed by atoms with Crippen LogP contribution in [0.5, 0.6) is 0 Å². The third-order valence-corrected chi connectivity index (χ3v) is 5.11. The maximum Gasteiger partial charge on any atom is 0.417 e. The first kappa shape index (κ1) is 23.6. The van der Waals surface area contributed by atoms with Crippen LogP contribution in [0, 0.1) is 0 Å². The Labute approximate surface area is 198 Å². The van der Waals surface area contributed by atoms with Gasteiger partial charge in [0.05, 0.1) is 22.5 Å². The Morgan fingerprint density at radius 3 is 2.20 bits per heavy atom. The molecule has 0 radical (unpaired) electrons. The Morgan fingerprint density at radius 2 is 1.49 bits per heavy atom. The zero-order valence-corrected chi connectivity index (χ0v) is 18.2. The monoisotopic (exact) mass is 476 g/mol. The van der Waals surface area contributed by atoms with Crippen molar-refractivity contribution < 1.29 is 22.8 Å². The number of benzene rings is 2. The Bertz CT molecular complexity index is 1340. The van der Waals surface area contributed by atoms with Crippen LogP contribution in [0.15, 0.2) is 91.3 Å². The lowest BCUT2D eigenvalue weighted by atomic mass is 9.98. The van der Waals surface area contributed by atoms with E-state index in [2.05, 4.69) is 20.6 Å². The van der Waals surface area contributed by atoms with Gasteiger partial charge in [-0.2, -0.15) is 13.2 Å². The summed E-state index contributed by atoms with van der Waals surface area (Å²) in [4.78, 5) is 33.8. The van der Waals surface area contributed by atoms with Crippen molar-refractivity contribution in [1.82, 2.24) is 15.3 Å². The molecule has 0 aliphatic carbocycles. The minimum atomic E-state index is -4.80. The van der Waals surface area contributed by atoms with Crippen molar-refractivity contribution >= 4 is 17.5 Å². The predicted octanol–water partition coefficient (Wildman–Crippen LogP) is 5.34. The standard InChI is InChI=1S/C26H19F3N4O2/c27-26(28,29)19-13-15-31-23(22(19)25(35)32-16-17-8-2-1-3-9-17)18-10-4-5-11-20(18)33-24(34)21-12-6-7-14-30-21/h1-15H,16H2,(H,32,35)(H,33,34). The normalized spacial score (nSPS) is 11.1. The molecule has 0 saturated heterocycles. The van der Waals surface area contributed by atoms with Gasteiger partial charge in [0.1, 0.15) is 5.69 Å². The van der Waals surface area contributed by atoms with Crippen molar-refractivity contribution in [2.24, 2.45) is 0 Å². The fraction of sp³-hybridized carbons (Fsp3) is 0.0769. The highest BCUT2D eigenvalue weighted by atomic mass is 19.4. The minimum absolute atomic E-state index is 0.0311. The van der Waals surface area contributed by atoms with Gasteiger partial charge >= 0.3 is 6.18 Å². The van der Waals surface area contributed by atoms with Crippen LogP contribution in [-0.4, -0.2) is 21.8 Å². The number of carbonyl (C=O) groups excluding carboxylic acids is 2. The highest BCUT2D eigenvalue weighted by molar-refractivity contribution is 6.07. The number of amides is 2. The molecule has 0 atom stereocenters. The van der Waals surface area contributed by atoms with Crippen LogP contribution < -0.4 is 10.6 Å². The molecule has 0 spiro atoms. The quantitative estimate of drug-likeness (QED) is 0.393. The molecule has 35 heavy (non-hydrogen) atoms. The average Bonchev–Trinajstić information content (AvgIpc) is 2.88. The Kier molecular flexibility index (Phi) is 6.86. The summed E-state index contributed by atoms with van der Waals surface area (Å²) < 4.78 is 41.7. The number of para-hydroxylation sites is 1. The summed E-state index contributed by atoms with van der Waals surface area (Å²) in [5, 5.41) is 5.20. The van der Waals surface area contributed by atoms with E-state index >= 15 is 0 Å². The molecule has 0 unspecified atom stereocenters. The maximum atomic E-state index is 13.9. The SMILES string of the molecule is O=C(Nc1ccccc1-c1nccc(C(F)(F)F)c1C(=O)NCc1ccccc1)c1ccccn1.